The van der Waals surface area contributed by atoms with Crippen LogP contribution in [-0.4, -0.2) is 21.6 Å². The monoisotopic (exact) mass is 412 g/mol. The molecule has 0 unspecified atom stereocenters. The maximum Gasteiger partial charge on any atom is 0.302 e. The Morgan fingerprint density at radius 3 is 2.77 bits per heavy atom. The number of hydrogen-bond acceptors (Lipinski definition) is 3. The van der Waals surface area contributed by atoms with E-state index in [1.165, 1.54) is 37.7 Å². The molecule has 4 nitrogen and oxygen atoms in total. The number of nitrogens with zero attached hydrogens (tertiary/aromatic N) is 2. The Morgan fingerprint density at radius 1 is 1.27 bits per heavy atom. The van der Waals surface area contributed by atoms with Gasteiger partial charge in [0.2, 0.25) is 0 Å². The zero-order valence-corrected chi connectivity index (χ0v) is 19.4. The molecule has 0 amide bonds. The lowest BCUT2D eigenvalue weighted by Crippen LogP contribution is -2.53. The number of aryl methyl sites for hydroxylation is 1. The van der Waals surface area contributed by atoms with Crippen molar-refractivity contribution in [3.63, 3.8) is 0 Å². The lowest BCUT2D eigenvalue weighted by Gasteiger charge is -2.56. The first-order valence-corrected chi connectivity index (χ1v) is 12.1. The fourth-order valence-electron chi connectivity index (χ4n) is 7.34. The van der Waals surface area contributed by atoms with Crippen LogP contribution in [0.25, 0.3) is 0 Å². The maximum absolute atomic E-state index is 12.2. The fraction of sp³-hybridized carbons (Fsp3) is 0.769. The van der Waals surface area contributed by atoms with Gasteiger partial charge in [-0.2, -0.15) is 0 Å². The lowest BCUT2D eigenvalue weighted by molar-refractivity contribution is -0.172. The van der Waals surface area contributed by atoms with Gasteiger partial charge in [-0.15, -0.1) is 0 Å². The molecule has 0 bridgehead atoms. The highest BCUT2D eigenvalue weighted by atomic mass is 16.5. The van der Waals surface area contributed by atoms with Crippen molar-refractivity contribution in [3.8, 4) is 0 Å². The number of rotatable bonds is 5. The van der Waals surface area contributed by atoms with Crippen LogP contribution < -0.4 is 0 Å². The van der Waals surface area contributed by atoms with Crippen LogP contribution in [0.5, 0.6) is 0 Å². The van der Waals surface area contributed by atoms with E-state index in [1.807, 2.05) is 12.5 Å². The summed E-state index contributed by atoms with van der Waals surface area (Å²) in [6, 6.07) is 0. The van der Waals surface area contributed by atoms with Crippen LogP contribution in [-0.2, 0) is 16.1 Å². The van der Waals surface area contributed by atoms with Crippen molar-refractivity contribution in [1.29, 1.82) is 0 Å². The lowest BCUT2D eigenvalue weighted by atomic mass is 9.51. The van der Waals surface area contributed by atoms with Crippen molar-refractivity contribution < 1.29 is 9.53 Å². The van der Waals surface area contributed by atoms with Crippen molar-refractivity contribution in [2.24, 2.45) is 34.5 Å². The Labute approximate surface area is 182 Å². The van der Waals surface area contributed by atoms with E-state index in [0.717, 1.165) is 31.7 Å². The Morgan fingerprint density at radius 2 is 2.07 bits per heavy atom. The van der Waals surface area contributed by atoms with E-state index in [2.05, 4.69) is 43.1 Å². The minimum Gasteiger partial charge on any atom is -0.462 e. The van der Waals surface area contributed by atoms with E-state index in [9.17, 15) is 4.79 Å². The topological polar surface area (TPSA) is 44.1 Å². The molecule has 1 aromatic rings. The first-order chi connectivity index (χ1) is 14.2. The maximum atomic E-state index is 12.2. The number of ether oxygens (including phenoxy) is 1. The molecule has 30 heavy (non-hydrogen) atoms. The number of carbonyl (C=O) groups excluding carboxylic acids is 1. The molecule has 3 aliphatic rings. The summed E-state index contributed by atoms with van der Waals surface area (Å²) in [5.41, 5.74) is 1.74. The molecule has 3 fully saturated rings. The molecule has 3 saturated carbocycles. The standard InChI is InChI=1S/C26H40N2O2/c1-18-8-11-26(5,21(16-18)10-14-28-15-13-27-17-28)23-9-12-25(4)19(2)6-7-22(25)24(23)30-20(3)29/h13,15,17-18,21-24H,2,6-12,14,16H2,1,3-5H3/t18-,21-,22-,23-,24-,25+,26-/m0/s1. The number of esters is 1. The van der Waals surface area contributed by atoms with Gasteiger partial charge in [0.1, 0.15) is 6.10 Å². The smallest absolute Gasteiger partial charge is 0.302 e. The summed E-state index contributed by atoms with van der Waals surface area (Å²) >= 11 is 0. The molecule has 7 atom stereocenters. The molecule has 0 N–H and O–H groups in total. The zero-order valence-electron chi connectivity index (χ0n) is 19.4. The average molecular weight is 413 g/mol. The Kier molecular flexibility index (Phi) is 5.89. The summed E-state index contributed by atoms with van der Waals surface area (Å²) in [7, 11) is 0. The van der Waals surface area contributed by atoms with Crippen molar-refractivity contribution in [2.45, 2.75) is 91.7 Å². The van der Waals surface area contributed by atoms with Gasteiger partial charge in [-0.05, 0) is 67.6 Å². The third-order valence-electron chi connectivity index (χ3n) is 9.39. The minimum absolute atomic E-state index is 0.0367. The largest absolute Gasteiger partial charge is 0.462 e. The number of carbonyl (C=O) groups is 1. The van der Waals surface area contributed by atoms with Crippen LogP contribution in [0.4, 0.5) is 0 Å². The Balaban J connectivity index is 1.61. The van der Waals surface area contributed by atoms with Crippen LogP contribution in [0.1, 0.15) is 79.1 Å². The van der Waals surface area contributed by atoms with Gasteiger partial charge >= 0.3 is 5.97 Å². The van der Waals surface area contributed by atoms with E-state index in [1.54, 1.807) is 6.92 Å². The molecular weight excluding hydrogens is 372 g/mol. The van der Waals surface area contributed by atoms with E-state index < -0.39 is 0 Å². The van der Waals surface area contributed by atoms with Gasteiger partial charge < -0.3 is 9.30 Å². The summed E-state index contributed by atoms with van der Waals surface area (Å²) in [5.74, 6) is 2.19. The summed E-state index contributed by atoms with van der Waals surface area (Å²) in [6.07, 6.45) is 15.4. The highest BCUT2D eigenvalue weighted by Crippen LogP contribution is 2.62. The van der Waals surface area contributed by atoms with E-state index in [4.69, 9.17) is 4.74 Å². The number of allylic oxidation sites excluding steroid dienone is 1. The van der Waals surface area contributed by atoms with E-state index in [0.29, 0.717) is 17.8 Å². The van der Waals surface area contributed by atoms with Gasteiger partial charge in [0, 0.05) is 37.7 Å². The van der Waals surface area contributed by atoms with Gasteiger partial charge in [0.25, 0.3) is 0 Å². The van der Waals surface area contributed by atoms with Crippen LogP contribution >= 0.6 is 0 Å². The molecule has 166 valence electrons. The molecule has 0 aliphatic heterocycles. The second-order valence-corrected chi connectivity index (χ2v) is 11.1. The summed E-state index contributed by atoms with van der Waals surface area (Å²) < 4.78 is 8.39. The van der Waals surface area contributed by atoms with Gasteiger partial charge in [0.15, 0.2) is 0 Å². The first kappa shape index (κ1) is 21.6. The summed E-state index contributed by atoms with van der Waals surface area (Å²) in [4.78, 5) is 16.4. The first-order valence-electron chi connectivity index (χ1n) is 12.1. The number of hydrogen-bond donors (Lipinski definition) is 0. The molecule has 1 heterocycles. The normalized spacial score (nSPS) is 41.5. The molecule has 4 heteroatoms. The zero-order chi connectivity index (χ0) is 21.5. The second-order valence-electron chi connectivity index (χ2n) is 11.1. The SMILES string of the molecule is C=C1CC[C@H]2[C@H](OC(C)=O)[C@@H]([C@@]3(C)CC[C@H](C)C[C@@H]3CCn3ccnc3)CC[C@]12C. The molecule has 3 aliphatic carbocycles. The molecule has 0 radical (unpaired) electrons. The fourth-order valence-corrected chi connectivity index (χ4v) is 7.34. The predicted molar refractivity (Wildman–Crippen MR) is 120 cm³/mol. The molecule has 0 aromatic carbocycles. The van der Waals surface area contributed by atoms with Crippen LogP contribution in [0.2, 0.25) is 0 Å². The van der Waals surface area contributed by atoms with Gasteiger partial charge in [-0.3, -0.25) is 4.79 Å². The Bertz CT molecular complexity index is 772. The number of aromatic nitrogens is 2. The molecule has 4 rings (SSSR count). The third kappa shape index (κ3) is 3.76. The molecule has 1 aromatic heterocycles. The average Bonchev–Trinajstić information content (AvgIpc) is 3.31. The van der Waals surface area contributed by atoms with Crippen molar-refractivity contribution in [2.75, 3.05) is 0 Å². The Hall–Kier alpha value is -1.58. The van der Waals surface area contributed by atoms with Crippen LogP contribution in [0.15, 0.2) is 30.9 Å². The predicted octanol–water partition coefficient (Wildman–Crippen LogP) is 6.03. The number of imidazole rings is 1. The van der Waals surface area contributed by atoms with Crippen molar-refractivity contribution in [1.82, 2.24) is 9.55 Å². The highest BCUT2D eigenvalue weighted by Gasteiger charge is 2.58. The van der Waals surface area contributed by atoms with Gasteiger partial charge in [-0.25, -0.2) is 4.98 Å². The molecule has 0 spiro atoms. The van der Waals surface area contributed by atoms with Crippen molar-refractivity contribution in [3.05, 3.63) is 30.9 Å². The second kappa shape index (κ2) is 8.16. The van der Waals surface area contributed by atoms with Crippen LogP contribution in [0, 0.1) is 34.5 Å². The van der Waals surface area contributed by atoms with E-state index in [-0.39, 0.29) is 22.9 Å². The summed E-state index contributed by atoms with van der Waals surface area (Å²) in [5, 5.41) is 0. The van der Waals surface area contributed by atoms with Gasteiger partial charge in [0.05, 0.1) is 6.33 Å². The number of fused-ring (bicyclic) bond motifs is 1. The highest BCUT2D eigenvalue weighted by molar-refractivity contribution is 5.66. The van der Waals surface area contributed by atoms with Crippen LogP contribution in [0.3, 0.4) is 0 Å². The minimum atomic E-state index is -0.116. The third-order valence-corrected chi connectivity index (χ3v) is 9.39. The molecule has 0 saturated heterocycles. The summed E-state index contributed by atoms with van der Waals surface area (Å²) in [6.45, 7) is 14.3. The quantitative estimate of drug-likeness (QED) is 0.438. The van der Waals surface area contributed by atoms with Crippen molar-refractivity contribution >= 4 is 5.97 Å². The van der Waals surface area contributed by atoms with Gasteiger partial charge in [-0.1, -0.05) is 39.3 Å². The van der Waals surface area contributed by atoms with E-state index >= 15 is 0 Å². The molecular formula is C26H40N2O2.